The lowest BCUT2D eigenvalue weighted by atomic mass is 10.1. The number of hydrogen-bond acceptors (Lipinski definition) is 7. The van der Waals surface area contributed by atoms with E-state index in [-0.39, 0.29) is 29.7 Å². The number of aryl methyl sites for hydroxylation is 1. The van der Waals surface area contributed by atoms with Crippen LogP contribution in [-0.2, 0) is 11.3 Å². The largest absolute Gasteiger partial charge is 0.519 e. The first-order chi connectivity index (χ1) is 12.0. The first kappa shape index (κ1) is 16.9. The van der Waals surface area contributed by atoms with Crippen molar-refractivity contribution in [2.75, 3.05) is 13.1 Å². The Morgan fingerprint density at radius 2 is 2.00 bits per heavy atom. The summed E-state index contributed by atoms with van der Waals surface area (Å²) in [6.07, 6.45) is 4.50. The molecule has 25 heavy (non-hydrogen) atoms. The van der Waals surface area contributed by atoms with Crippen LogP contribution in [0.4, 0.5) is 0 Å². The van der Waals surface area contributed by atoms with Gasteiger partial charge in [0.05, 0.1) is 0 Å². The number of pyridine rings is 1. The van der Waals surface area contributed by atoms with Gasteiger partial charge in [0.1, 0.15) is 5.69 Å². The summed E-state index contributed by atoms with van der Waals surface area (Å²) in [5.41, 5.74) is 0.418. The monoisotopic (exact) mass is 346 g/mol. The van der Waals surface area contributed by atoms with Crippen LogP contribution in [0, 0.1) is 6.92 Å². The molecule has 1 aliphatic rings. The molecule has 2 aromatic rings. The first-order valence-corrected chi connectivity index (χ1v) is 8.06. The van der Waals surface area contributed by atoms with Crippen LogP contribution in [0.1, 0.15) is 51.6 Å². The number of carbonyl (C=O) groups excluding carboxylic acids is 2. The van der Waals surface area contributed by atoms with Crippen LogP contribution in [-0.4, -0.2) is 34.8 Å². The molecule has 8 heteroatoms. The lowest BCUT2D eigenvalue weighted by molar-refractivity contribution is 0.0436. The Labute approximate surface area is 143 Å². The molecule has 1 amide bonds. The van der Waals surface area contributed by atoms with Gasteiger partial charge in [-0.1, -0.05) is 0 Å². The molecule has 1 aliphatic heterocycles. The molecule has 0 atom stereocenters. The highest BCUT2D eigenvalue weighted by molar-refractivity contribution is 5.97. The topological polar surface area (TPSA) is 103 Å². The maximum absolute atomic E-state index is 12.5. The summed E-state index contributed by atoms with van der Waals surface area (Å²) in [6.45, 7) is 2.73. The number of rotatable bonds is 4. The summed E-state index contributed by atoms with van der Waals surface area (Å²) in [5.74, 6) is -1.29. The quantitative estimate of drug-likeness (QED) is 0.779. The van der Waals surface area contributed by atoms with E-state index in [1.54, 1.807) is 11.0 Å². The Morgan fingerprint density at radius 3 is 2.68 bits per heavy atom. The summed E-state index contributed by atoms with van der Waals surface area (Å²) in [7, 11) is 0. The van der Waals surface area contributed by atoms with Crippen LogP contribution in [0.5, 0.6) is 0 Å². The van der Waals surface area contributed by atoms with Crippen molar-refractivity contribution < 1.29 is 23.2 Å². The molecule has 1 fully saturated rings. The van der Waals surface area contributed by atoms with Gasteiger partial charge >= 0.3 is 11.8 Å². The van der Waals surface area contributed by atoms with Crippen LogP contribution in [0.15, 0.2) is 32.0 Å². The van der Waals surface area contributed by atoms with Gasteiger partial charge in [-0.2, -0.15) is 0 Å². The van der Waals surface area contributed by atoms with E-state index in [2.05, 4.69) is 4.98 Å². The minimum absolute atomic E-state index is 0.0198. The van der Waals surface area contributed by atoms with Gasteiger partial charge in [0.25, 0.3) is 5.91 Å². The maximum atomic E-state index is 12.5. The minimum Gasteiger partial charge on any atom is -0.453 e. The third-order valence-corrected chi connectivity index (χ3v) is 4.03. The molecule has 0 aromatic carbocycles. The molecule has 3 heterocycles. The van der Waals surface area contributed by atoms with Crippen molar-refractivity contribution in [2.24, 2.45) is 0 Å². The summed E-state index contributed by atoms with van der Waals surface area (Å²) in [5, 5.41) is 0. The molecular formula is C17H18N2O6. The van der Waals surface area contributed by atoms with Crippen LogP contribution >= 0.6 is 0 Å². The highest BCUT2D eigenvalue weighted by atomic mass is 16.6. The molecule has 0 spiro atoms. The molecular weight excluding hydrogens is 328 g/mol. The number of aromatic nitrogens is 1. The zero-order valence-corrected chi connectivity index (χ0v) is 13.8. The van der Waals surface area contributed by atoms with Crippen LogP contribution in [0.2, 0.25) is 0 Å². The van der Waals surface area contributed by atoms with Crippen LogP contribution < -0.4 is 5.82 Å². The lowest BCUT2D eigenvalue weighted by Gasteiger charge is -2.26. The van der Waals surface area contributed by atoms with E-state index in [9.17, 15) is 14.4 Å². The Balaban J connectivity index is 1.67. The molecule has 0 radical (unpaired) electrons. The minimum atomic E-state index is -0.851. The van der Waals surface area contributed by atoms with Gasteiger partial charge in [-0.3, -0.25) is 4.79 Å². The fourth-order valence-corrected chi connectivity index (χ4v) is 2.67. The molecule has 2 aromatic heterocycles. The lowest BCUT2D eigenvalue weighted by Crippen LogP contribution is -2.35. The van der Waals surface area contributed by atoms with Crippen molar-refractivity contribution >= 4 is 11.9 Å². The normalized spacial score (nSPS) is 14.4. The second kappa shape index (κ2) is 7.33. The van der Waals surface area contributed by atoms with E-state index in [0.717, 1.165) is 32.4 Å². The number of ether oxygens (including phenoxy) is 1. The molecule has 1 saturated heterocycles. The average molecular weight is 346 g/mol. The van der Waals surface area contributed by atoms with Crippen molar-refractivity contribution in [3.63, 3.8) is 0 Å². The Bertz CT molecular complexity index is 832. The summed E-state index contributed by atoms with van der Waals surface area (Å²) in [6, 6.07) is 2.99. The van der Waals surface area contributed by atoms with Gasteiger partial charge in [-0.25, -0.2) is 14.6 Å². The molecule has 8 nitrogen and oxygen atoms in total. The number of likely N-dealkylation sites (tertiary alicyclic amines) is 1. The van der Waals surface area contributed by atoms with Gasteiger partial charge in [-0.05, 0) is 38.3 Å². The molecule has 0 unspecified atom stereocenters. The number of esters is 1. The molecule has 3 rings (SSSR count). The number of hydrogen-bond donors (Lipinski definition) is 0. The summed E-state index contributed by atoms with van der Waals surface area (Å²) in [4.78, 5) is 41.3. The van der Waals surface area contributed by atoms with Gasteiger partial charge in [0.15, 0.2) is 18.1 Å². The number of nitrogens with zero attached hydrogens (tertiary/aromatic N) is 2. The van der Waals surface area contributed by atoms with Crippen LogP contribution in [0.25, 0.3) is 0 Å². The van der Waals surface area contributed by atoms with E-state index in [0.29, 0.717) is 5.56 Å². The zero-order chi connectivity index (χ0) is 17.8. The Morgan fingerprint density at radius 1 is 1.24 bits per heavy atom. The number of amides is 1. The van der Waals surface area contributed by atoms with Gasteiger partial charge in [0.2, 0.25) is 0 Å². The predicted octanol–water partition coefficient (Wildman–Crippen LogP) is 1.92. The second-order valence-corrected chi connectivity index (χ2v) is 5.79. The molecule has 0 N–H and O–H groups in total. The van der Waals surface area contributed by atoms with Crippen molar-refractivity contribution in [1.29, 1.82) is 0 Å². The number of piperidine rings is 1. The Kier molecular flexibility index (Phi) is 4.97. The van der Waals surface area contributed by atoms with E-state index < -0.39 is 11.8 Å². The predicted molar refractivity (Wildman–Crippen MR) is 85.1 cm³/mol. The molecule has 0 bridgehead atoms. The summed E-state index contributed by atoms with van der Waals surface area (Å²) >= 11 is 0. The van der Waals surface area contributed by atoms with Crippen molar-refractivity contribution in [1.82, 2.24) is 9.88 Å². The highest BCUT2D eigenvalue weighted by Crippen LogP contribution is 2.14. The Hall–Kier alpha value is -2.90. The van der Waals surface area contributed by atoms with Crippen LogP contribution in [0.3, 0.4) is 0 Å². The highest BCUT2D eigenvalue weighted by Gasteiger charge is 2.20. The first-order valence-electron chi connectivity index (χ1n) is 8.06. The standard InChI is InChI=1S/C17H18N2O6/c1-11-14(25-17(22)24-11)10-23-16(21)13-9-12(5-6-18-13)15(20)19-7-3-2-4-8-19/h5-6,9H,2-4,7-8,10H2,1H3. The van der Waals surface area contributed by atoms with Crippen molar-refractivity contribution in [2.45, 2.75) is 32.8 Å². The van der Waals surface area contributed by atoms with Crippen molar-refractivity contribution in [3.05, 3.63) is 51.7 Å². The zero-order valence-electron chi connectivity index (χ0n) is 13.8. The number of carbonyl (C=O) groups is 2. The molecule has 0 saturated carbocycles. The molecule has 0 aliphatic carbocycles. The average Bonchev–Trinajstić information content (AvgIpc) is 2.97. The maximum Gasteiger partial charge on any atom is 0.519 e. The van der Waals surface area contributed by atoms with Gasteiger partial charge in [0, 0.05) is 24.8 Å². The van der Waals surface area contributed by atoms with E-state index in [1.807, 2.05) is 0 Å². The van der Waals surface area contributed by atoms with Crippen molar-refractivity contribution in [3.8, 4) is 0 Å². The second-order valence-electron chi connectivity index (χ2n) is 5.79. The van der Waals surface area contributed by atoms with E-state index in [4.69, 9.17) is 13.6 Å². The van der Waals surface area contributed by atoms with Gasteiger partial charge in [-0.15, -0.1) is 0 Å². The summed E-state index contributed by atoms with van der Waals surface area (Å²) < 4.78 is 14.5. The SMILES string of the molecule is Cc1oc(=O)oc1COC(=O)c1cc(C(=O)N2CCCCC2)ccn1. The molecule has 132 valence electrons. The third kappa shape index (κ3) is 3.96. The van der Waals surface area contributed by atoms with E-state index in [1.165, 1.54) is 19.2 Å². The fourth-order valence-electron chi connectivity index (χ4n) is 2.67. The van der Waals surface area contributed by atoms with Gasteiger partial charge < -0.3 is 18.5 Å². The third-order valence-electron chi connectivity index (χ3n) is 4.03. The van der Waals surface area contributed by atoms with E-state index >= 15 is 0 Å². The smallest absolute Gasteiger partial charge is 0.453 e. The fraction of sp³-hybridized carbons (Fsp3) is 0.412.